The molecule has 0 amide bonds. The Morgan fingerprint density at radius 2 is 1.50 bits per heavy atom. The number of hydrogen-bond donors (Lipinski definition) is 1. The second kappa shape index (κ2) is 12.8. The molecule has 2 aromatic heterocycles. The van der Waals surface area contributed by atoms with Crippen LogP contribution < -0.4 is 16.1 Å². The highest BCUT2D eigenvalue weighted by molar-refractivity contribution is 5.50. The average molecular weight is 655 g/mol. The predicted molar refractivity (Wildman–Crippen MR) is 153 cm³/mol. The number of aliphatic hydroxyl groups excluding tert-OH is 1. The van der Waals surface area contributed by atoms with E-state index in [0.29, 0.717) is 11.6 Å². The average Bonchev–Trinajstić information content (AvgIpc) is 3.48. The van der Waals surface area contributed by atoms with Crippen molar-refractivity contribution in [2.24, 2.45) is 0 Å². The van der Waals surface area contributed by atoms with Gasteiger partial charge in [0, 0.05) is 37.4 Å². The number of benzene rings is 2. The molecule has 0 bridgehead atoms. The predicted octanol–water partition coefficient (Wildman–Crippen LogP) is 5.19. The van der Waals surface area contributed by atoms with Gasteiger partial charge < -0.3 is 14.4 Å². The molecule has 1 unspecified atom stereocenters. The summed E-state index contributed by atoms with van der Waals surface area (Å²) in [6.45, 7) is 0.906. The van der Waals surface area contributed by atoms with E-state index in [4.69, 9.17) is 4.42 Å². The Kier molecular flexibility index (Phi) is 9.18. The Hall–Kier alpha value is -4.37. The second-order valence-electron chi connectivity index (χ2n) is 10.9. The third kappa shape index (κ3) is 6.89. The molecule has 1 fully saturated rings. The molecule has 0 aliphatic carbocycles. The van der Waals surface area contributed by atoms with Gasteiger partial charge in [0.1, 0.15) is 17.3 Å². The molecule has 0 spiro atoms. The van der Waals surface area contributed by atoms with Crippen molar-refractivity contribution in [3.63, 3.8) is 0 Å². The number of furan rings is 1. The highest BCUT2D eigenvalue weighted by Crippen LogP contribution is 2.34. The lowest BCUT2D eigenvalue weighted by Crippen LogP contribution is -2.51. The molecule has 15 heteroatoms. The molecule has 0 saturated carbocycles. The van der Waals surface area contributed by atoms with Crippen molar-refractivity contribution >= 4 is 5.69 Å². The van der Waals surface area contributed by atoms with E-state index in [1.807, 2.05) is 0 Å². The zero-order valence-corrected chi connectivity index (χ0v) is 24.4. The number of aromatic nitrogens is 2. The first kappa shape index (κ1) is 33.0. The Balaban J connectivity index is 1.50. The van der Waals surface area contributed by atoms with Crippen molar-refractivity contribution in [3.05, 3.63) is 121 Å². The third-order valence-electron chi connectivity index (χ3n) is 7.95. The highest BCUT2D eigenvalue weighted by Gasteiger charge is 2.36. The fourth-order valence-electron chi connectivity index (χ4n) is 5.56. The van der Waals surface area contributed by atoms with Gasteiger partial charge in [0.25, 0.3) is 5.56 Å². The lowest BCUT2D eigenvalue weighted by atomic mass is 10.1. The molecule has 1 atom stereocenters. The molecular weight excluding hydrogens is 625 g/mol. The number of nitrogens with zero attached hydrogens (tertiary/aromatic N) is 4. The molecule has 46 heavy (non-hydrogen) atoms. The van der Waals surface area contributed by atoms with Crippen LogP contribution in [-0.4, -0.2) is 45.3 Å². The van der Waals surface area contributed by atoms with E-state index in [2.05, 4.69) is 0 Å². The maximum Gasteiger partial charge on any atom is 0.449 e. The first-order valence-corrected chi connectivity index (χ1v) is 14.2. The van der Waals surface area contributed by atoms with Gasteiger partial charge in [0.2, 0.25) is 5.76 Å². The van der Waals surface area contributed by atoms with Crippen molar-refractivity contribution in [2.75, 3.05) is 31.1 Å². The summed E-state index contributed by atoms with van der Waals surface area (Å²) in [7, 11) is 0. The minimum absolute atomic E-state index is 0.00821. The first-order valence-electron chi connectivity index (χ1n) is 14.2. The fraction of sp³-hybridized carbons (Fsp3) is 0.355. The summed E-state index contributed by atoms with van der Waals surface area (Å²) in [6, 6.07) is 12.7. The van der Waals surface area contributed by atoms with Gasteiger partial charge in [-0.3, -0.25) is 18.8 Å². The monoisotopic (exact) mass is 654 g/mol. The van der Waals surface area contributed by atoms with E-state index in [-0.39, 0.29) is 49.9 Å². The van der Waals surface area contributed by atoms with Gasteiger partial charge in [0.15, 0.2) is 0 Å². The van der Waals surface area contributed by atoms with E-state index in [1.54, 1.807) is 40.1 Å². The molecule has 1 N–H and O–H groups in total. The maximum absolute atomic E-state index is 14.9. The molecule has 1 aliphatic heterocycles. The zero-order chi connectivity index (χ0) is 33.4. The van der Waals surface area contributed by atoms with E-state index in [9.17, 15) is 45.4 Å². The largest absolute Gasteiger partial charge is 0.455 e. The number of alkyl halides is 6. The number of aliphatic hydroxyl groups is 1. The topological polar surface area (TPSA) is 83.8 Å². The summed E-state index contributed by atoms with van der Waals surface area (Å²) in [6.07, 6.45) is -10.9. The zero-order valence-electron chi connectivity index (χ0n) is 24.4. The molecule has 3 heterocycles. The number of piperazine rings is 1. The minimum Gasteiger partial charge on any atom is -0.455 e. The molecule has 4 aromatic rings. The standard InChI is InChI=1S/C31H29F7N4O4/c1-19-27(40-14-12-39(13-15-40)16-21-10-11-26(46-21)31(36,37)38)28(44)42(18-25(43)20-6-3-2-4-7-20)29(45)41(19)17-22-23(30(33,34)35)8-5-9-24(22)32/h2-11,25,43H,12-18H2,1H3. The van der Waals surface area contributed by atoms with Crippen LogP contribution in [0.15, 0.2) is 74.7 Å². The molecule has 5 rings (SSSR count). The van der Waals surface area contributed by atoms with E-state index >= 15 is 0 Å². The number of anilines is 1. The summed E-state index contributed by atoms with van der Waals surface area (Å²) >= 11 is 0. The van der Waals surface area contributed by atoms with E-state index in [1.165, 1.54) is 13.0 Å². The molecule has 246 valence electrons. The maximum atomic E-state index is 14.9. The van der Waals surface area contributed by atoms with Crippen LogP contribution in [0.1, 0.15) is 40.0 Å². The minimum atomic E-state index is -4.93. The first-order chi connectivity index (χ1) is 21.6. The molecule has 1 aliphatic rings. The smallest absolute Gasteiger partial charge is 0.449 e. The van der Waals surface area contributed by atoms with Gasteiger partial charge in [-0.15, -0.1) is 0 Å². The van der Waals surface area contributed by atoms with Gasteiger partial charge in [0.05, 0.1) is 31.3 Å². The quantitative estimate of drug-likeness (QED) is 0.264. The van der Waals surface area contributed by atoms with Crippen LogP contribution in [0, 0.1) is 12.7 Å². The highest BCUT2D eigenvalue weighted by atomic mass is 19.4. The van der Waals surface area contributed by atoms with Crippen molar-refractivity contribution in [2.45, 2.75) is 45.0 Å². The molecule has 0 radical (unpaired) electrons. The van der Waals surface area contributed by atoms with Crippen LogP contribution in [0.3, 0.4) is 0 Å². The van der Waals surface area contributed by atoms with Crippen LogP contribution in [0.4, 0.5) is 36.4 Å². The molecule has 2 aromatic carbocycles. The summed E-state index contributed by atoms with van der Waals surface area (Å²) in [5.41, 5.74) is -3.55. The molecule has 1 saturated heterocycles. The van der Waals surface area contributed by atoms with E-state index < -0.39 is 65.5 Å². The van der Waals surface area contributed by atoms with Gasteiger partial charge in [-0.1, -0.05) is 36.4 Å². The molecular formula is C31H29F7N4O4. The number of halogens is 7. The Morgan fingerprint density at radius 3 is 2.11 bits per heavy atom. The van der Waals surface area contributed by atoms with Crippen molar-refractivity contribution in [1.82, 2.24) is 14.0 Å². The van der Waals surface area contributed by atoms with Crippen LogP contribution >= 0.6 is 0 Å². The third-order valence-corrected chi connectivity index (χ3v) is 7.95. The Bertz CT molecular complexity index is 1800. The van der Waals surface area contributed by atoms with Gasteiger partial charge >= 0.3 is 18.0 Å². The second-order valence-corrected chi connectivity index (χ2v) is 10.9. The van der Waals surface area contributed by atoms with Crippen LogP contribution in [-0.2, 0) is 32.0 Å². The van der Waals surface area contributed by atoms with Crippen molar-refractivity contribution in [1.29, 1.82) is 0 Å². The Morgan fingerprint density at radius 1 is 0.826 bits per heavy atom. The lowest BCUT2D eigenvalue weighted by Gasteiger charge is -2.36. The molecule has 8 nitrogen and oxygen atoms in total. The van der Waals surface area contributed by atoms with Crippen molar-refractivity contribution < 1.29 is 40.3 Å². The summed E-state index contributed by atoms with van der Waals surface area (Å²) in [5.74, 6) is -2.22. The van der Waals surface area contributed by atoms with Gasteiger partial charge in [-0.2, -0.15) is 26.3 Å². The van der Waals surface area contributed by atoms with Gasteiger partial charge in [-0.25, -0.2) is 9.18 Å². The Labute approximate surface area is 257 Å². The summed E-state index contributed by atoms with van der Waals surface area (Å²) in [4.78, 5) is 31.0. The SMILES string of the molecule is Cc1c(N2CCN(Cc3ccc(C(F)(F)F)o3)CC2)c(=O)n(CC(O)c2ccccc2)c(=O)n1Cc1c(F)cccc1C(F)(F)F. The lowest BCUT2D eigenvalue weighted by molar-refractivity contribution is -0.153. The van der Waals surface area contributed by atoms with E-state index in [0.717, 1.165) is 27.3 Å². The van der Waals surface area contributed by atoms with Crippen LogP contribution in [0.25, 0.3) is 0 Å². The van der Waals surface area contributed by atoms with Crippen LogP contribution in [0.2, 0.25) is 0 Å². The summed E-state index contributed by atoms with van der Waals surface area (Å²) in [5, 5.41) is 10.9. The number of hydrogen-bond acceptors (Lipinski definition) is 6. The van der Waals surface area contributed by atoms with Crippen LogP contribution in [0.5, 0.6) is 0 Å². The summed E-state index contributed by atoms with van der Waals surface area (Å²) < 4.78 is 102. The normalized spacial score (nSPS) is 15.4. The van der Waals surface area contributed by atoms with Crippen molar-refractivity contribution in [3.8, 4) is 0 Å². The van der Waals surface area contributed by atoms with Gasteiger partial charge in [-0.05, 0) is 36.8 Å². The fourth-order valence-corrected chi connectivity index (χ4v) is 5.56. The number of rotatable bonds is 8.